The molecule has 6 heteroatoms. The lowest BCUT2D eigenvalue weighted by atomic mass is 10.2. The van der Waals surface area contributed by atoms with Crippen LogP contribution in [0.3, 0.4) is 0 Å². The Kier molecular flexibility index (Phi) is 3.97. The predicted molar refractivity (Wildman–Crippen MR) is 76.3 cm³/mol. The summed E-state index contributed by atoms with van der Waals surface area (Å²) in [5.74, 6) is 0.741. The highest BCUT2D eigenvalue weighted by atomic mass is 32.2. The summed E-state index contributed by atoms with van der Waals surface area (Å²) in [7, 11) is -3.18. The second-order valence-corrected chi connectivity index (χ2v) is 7.12. The molecule has 0 radical (unpaired) electrons. The van der Waals surface area contributed by atoms with Gasteiger partial charge >= 0.3 is 0 Å². The third-order valence-corrected chi connectivity index (χ3v) is 5.01. The molecule has 18 heavy (non-hydrogen) atoms. The summed E-state index contributed by atoms with van der Waals surface area (Å²) >= 11 is 1.47. The van der Waals surface area contributed by atoms with Crippen LogP contribution in [0, 0.1) is 6.92 Å². The summed E-state index contributed by atoms with van der Waals surface area (Å²) in [5, 5.41) is 0.609. The van der Waals surface area contributed by atoms with E-state index in [9.17, 15) is 8.42 Å². The van der Waals surface area contributed by atoms with Crippen molar-refractivity contribution in [3.63, 3.8) is 0 Å². The third kappa shape index (κ3) is 3.26. The molecule has 0 amide bonds. The van der Waals surface area contributed by atoms with Gasteiger partial charge in [0, 0.05) is 5.75 Å². The van der Waals surface area contributed by atoms with Crippen LogP contribution in [0.1, 0.15) is 11.1 Å². The molecule has 1 aromatic rings. The van der Waals surface area contributed by atoms with Gasteiger partial charge in [0.25, 0.3) is 0 Å². The maximum Gasteiger partial charge on any atom is 0.233 e. The number of aryl methyl sites for hydroxylation is 1. The SMILES string of the molecule is Cc1ccc(CSC2=NCCN2S(C)(=O)=O)cc1. The largest absolute Gasteiger partial charge is 0.260 e. The van der Waals surface area contributed by atoms with E-state index in [2.05, 4.69) is 29.3 Å². The van der Waals surface area contributed by atoms with Crippen LogP contribution in [-0.4, -0.2) is 37.2 Å². The zero-order valence-electron chi connectivity index (χ0n) is 10.5. The minimum atomic E-state index is -3.18. The minimum Gasteiger partial charge on any atom is -0.260 e. The van der Waals surface area contributed by atoms with E-state index in [1.165, 1.54) is 33.4 Å². The Morgan fingerprint density at radius 1 is 1.33 bits per heavy atom. The average molecular weight is 284 g/mol. The molecule has 0 fully saturated rings. The van der Waals surface area contributed by atoms with E-state index in [0.717, 1.165) is 5.75 Å². The van der Waals surface area contributed by atoms with Crippen molar-refractivity contribution in [3.8, 4) is 0 Å². The molecular weight excluding hydrogens is 268 g/mol. The van der Waals surface area contributed by atoms with E-state index in [0.29, 0.717) is 18.3 Å². The summed E-state index contributed by atoms with van der Waals surface area (Å²) in [6.45, 7) is 3.07. The first-order chi connectivity index (χ1) is 8.47. The number of nitrogens with zero attached hydrogens (tertiary/aromatic N) is 2. The zero-order valence-corrected chi connectivity index (χ0v) is 12.1. The molecule has 0 atom stereocenters. The fraction of sp³-hybridized carbons (Fsp3) is 0.417. The van der Waals surface area contributed by atoms with Gasteiger partial charge in [0.2, 0.25) is 10.0 Å². The van der Waals surface area contributed by atoms with Crippen LogP contribution in [0.5, 0.6) is 0 Å². The van der Waals surface area contributed by atoms with Gasteiger partial charge in [-0.25, -0.2) is 12.7 Å². The molecule has 1 aromatic carbocycles. The van der Waals surface area contributed by atoms with Crippen molar-refractivity contribution in [3.05, 3.63) is 35.4 Å². The molecular formula is C12H16N2O2S2. The third-order valence-electron chi connectivity index (χ3n) is 2.65. The second kappa shape index (κ2) is 5.32. The molecule has 1 aliphatic heterocycles. The van der Waals surface area contributed by atoms with E-state index in [-0.39, 0.29) is 0 Å². The Hall–Kier alpha value is -1.01. The average Bonchev–Trinajstić information content (AvgIpc) is 2.76. The molecule has 0 saturated heterocycles. The molecule has 1 aliphatic rings. The van der Waals surface area contributed by atoms with Crippen LogP contribution in [0.15, 0.2) is 29.3 Å². The van der Waals surface area contributed by atoms with Crippen molar-refractivity contribution in [1.29, 1.82) is 0 Å². The normalized spacial score (nSPS) is 15.9. The fourth-order valence-corrected chi connectivity index (χ4v) is 3.89. The van der Waals surface area contributed by atoms with Crippen molar-refractivity contribution < 1.29 is 8.42 Å². The van der Waals surface area contributed by atoms with Crippen LogP contribution in [0.25, 0.3) is 0 Å². The quantitative estimate of drug-likeness (QED) is 0.851. The topological polar surface area (TPSA) is 49.7 Å². The Morgan fingerprint density at radius 3 is 2.61 bits per heavy atom. The predicted octanol–water partition coefficient (Wildman–Crippen LogP) is 1.86. The van der Waals surface area contributed by atoms with Gasteiger partial charge < -0.3 is 0 Å². The van der Waals surface area contributed by atoms with E-state index in [1.54, 1.807) is 0 Å². The second-order valence-electron chi connectivity index (χ2n) is 4.27. The number of aliphatic imine (C=N–C) groups is 1. The number of rotatable bonds is 3. The summed E-state index contributed by atoms with van der Waals surface area (Å²) in [6.07, 6.45) is 1.22. The molecule has 0 saturated carbocycles. The first-order valence-corrected chi connectivity index (χ1v) is 8.51. The van der Waals surface area contributed by atoms with Crippen LogP contribution in [0.4, 0.5) is 0 Å². The first-order valence-electron chi connectivity index (χ1n) is 5.67. The standard InChI is InChI=1S/C12H16N2O2S2/c1-10-3-5-11(6-4-10)9-17-12-13-7-8-14(12)18(2,15)16/h3-6H,7-9H2,1-2H3. The lowest BCUT2D eigenvalue weighted by Crippen LogP contribution is -2.31. The van der Waals surface area contributed by atoms with Gasteiger partial charge in [0.15, 0.2) is 5.17 Å². The van der Waals surface area contributed by atoms with Crippen molar-refractivity contribution >= 4 is 27.0 Å². The van der Waals surface area contributed by atoms with Crippen molar-refractivity contribution in [2.45, 2.75) is 12.7 Å². The van der Waals surface area contributed by atoms with Crippen molar-refractivity contribution in [1.82, 2.24) is 4.31 Å². The summed E-state index contributed by atoms with van der Waals surface area (Å²) < 4.78 is 24.4. The number of sulfonamides is 1. The highest BCUT2D eigenvalue weighted by Crippen LogP contribution is 2.21. The van der Waals surface area contributed by atoms with Crippen LogP contribution in [-0.2, 0) is 15.8 Å². The summed E-state index contributed by atoms with van der Waals surface area (Å²) in [4.78, 5) is 4.24. The minimum absolute atomic E-state index is 0.467. The molecule has 0 aromatic heterocycles. The van der Waals surface area contributed by atoms with Crippen LogP contribution >= 0.6 is 11.8 Å². The van der Waals surface area contributed by atoms with Gasteiger partial charge in [0.05, 0.1) is 19.3 Å². The molecule has 0 spiro atoms. The maximum atomic E-state index is 11.5. The maximum absolute atomic E-state index is 11.5. The molecule has 0 unspecified atom stereocenters. The number of hydrogen-bond acceptors (Lipinski definition) is 4. The Labute approximate surface area is 112 Å². The van der Waals surface area contributed by atoms with Gasteiger partial charge in [-0.05, 0) is 12.5 Å². The van der Waals surface area contributed by atoms with Gasteiger partial charge in [-0.1, -0.05) is 41.6 Å². The highest BCUT2D eigenvalue weighted by Gasteiger charge is 2.25. The van der Waals surface area contributed by atoms with E-state index in [4.69, 9.17) is 0 Å². The molecule has 98 valence electrons. The molecule has 1 heterocycles. The monoisotopic (exact) mass is 284 g/mol. The van der Waals surface area contributed by atoms with Crippen molar-refractivity contribution in [2.75, 3.05) is 19.3 Å². The number of benzene rings is 1. The molecule has 0 bridgehead atoms. The van der Waals surface area contributed by atoms with Gasteiger partial charge in [-0.15, -0.1) is 0 Å². The lowest BCUT2D eigenvalue weighted by Gasteiger charge is -2.16. The van der Waals surface area contributed by atoms with Crippen LogP contribution < -0.4 is 0 Å². The number of thioether (sulfide) groups is 1. The van der Waals surface area contributed by atoms with E-state index >= 15 is 0 Å². The smallest absolute Gasteiger partial charge is 0.233 e. The lowest BCUT2D eigenvalue weighted by molar-refractivity contribution is 0.547. The van der Waals surface area contributed by atoms with Crippen LogP contribution in [0.2, 0.25) is 0 Å². The molecule has 4 nitrogen and oxygen atoms in total. The Bertz CT molecular complexity index is 550. The van der Waals surface area contributed by atoms with E-state index < -0.39 is 10.0 Å². The van der Waals surface area contributed by atoms with E-state index in [1.807, 2.05) is 6.92 Å². The van der Waals surface area contributed by atoms with Gasteiger partial charge in [-0.2, -0.15) is 0 Å². The summed E-state index contributed by atoms with van der Waals surface area (Å²) in [5.41, 5.74) is 2.40. The zero-order chi connectivity index (χ0) is 13.2. The van der Waals surface area contributed by atoms with Gasteiger partial charge in [0.1, 0.15) is 0 Å². The molecule has 0 N–H and O–H groups in total. The number of hydrogen-bond donors (Lipinski definition) is 0. The number of amidine groups is 1. The molecule has 2 rings (SSSR count). The Morgan fingerprint density at radius 2 is 2.00 bits per heavy atom. The summed E-state index contributed by atoms with van der Waals surface area (Å²) in [6, 6.07) is 8.23. The Balaban J connectivity index is 2.00. The van der Waals surface area contributed by atoms with Crippen molar-refractivity contribution in [2.24, 2.45) is 4.99 Å². The van der Waals surface area contributed by atoms with Gasteiger partial charge in [-0.3, -0.25) is 4.99 Å². The first kappa shape index (κ1) is 13.4. The fourth-order valence-electron chi connectivity index (χ4n) is 1.67. The molecule has 0 aliphatic carbocycles. The highest BCUT2D eigenvalue weighted by molar-refractivity contribution is 8.14.